The van der Waals surface area contributed by atoms with Gasteiger partial charge in [-0.1, -0.05) is 237 Å². The maximum atomic E-state index is 4.82. The van der Waals surface area contributed by atoms with Crippen LogP contribution in [0.4, 0.5) is 0 Å². The third kappa shape index (κ3) is 8.46. The van der Waals surface area contributed by atoms with Crippen LogP contribution in [0.3, 0.4) is 0 Å². The third-order valence-electron chi connectivity index (χ3n) is 22.6. The molecule has 93 heavy (non-hydrogen) atoms. The first kappa shape index (κ1) is 58.2. The minimum Gasteiger partial charge on any atom is -0.179 e. The van der Waals surface area contributed by atoms with Gasteiger partial charge >= 0.3 is 0 Å². The Labute approximate surface area is 559 Å². The maximum absolute atomic E-state index is 4.82. The summed E-state index contributed by atoms with van der Waals surface area (Å²) in [7, 11) is 0. The molecule has 0 aromatic heterocycles. The average molecular weight is 1240 g/mol. The third-order valence-corrected chi connectivity index (χ3v) is 23.3. The van der Waals surface area contributed by atoms with E-state index in [0.717, 1.165) is 37.2 Å². The molecule has 14 aromatic rings. The van der Waals surface area contributed by atoms with Crippen LogP contribution in [0, 0.1) is 0 Å². The van der Waals surface area contributed by atoms with Crippen LogP contribution in [0.15, 0.2) is 232 Å². The molecule has 0 heterocycles. The van der Waals surface area contributed by atoms with Crippen LogP contribution in [0.5, 0.6) is 0 Å². The summed E-state index contributed by atoms with van der Waals surface area (Å²) in [5.41, 5.74) is 27.8. The highest BCUT2D eigenvalue weighted by molar-refractivity contribution is 7.80. The Bertz CT molecular complexity index is 5140. The number of hydrogen-bond donors (Lipinski definition) is 2. The summed E-state index contributed by atoms with van der Waals surface area (Å²) < 4.78 is 0. The Balaban J connectivity index is 0.699. The van der Waals surface area contributed by atoms with E-state index in [4.69, 9.17) is 25.3 Å². The molecule has 3 aliphatic carbocycles. The van der Waals surface area contributed by atoms with Crippen molar-refractivity contribution in [3.63, 3.8) is 0 Å². The largest absolute Gasteiger partial charge is 0.179 e. The molecule has 454 valence electrons. The van der Waals surface area contributed by atoms with Crippen LogP contribution in [-0.4, -0.2) is 11.5 Å². The van der Waals surface area contributed by atoms with Gasteiger partial charge < -0.3 is 0 Å². The number of allylic oxidation sites excluding steroid dienone is 2. The highest BCUT2D eigenvalue weighted by atomic mass is 32.1. The van der Waals surface area contributed by atoms with Crippen molar-refractivity contribution in [3.8, 4) is 77.9 Å². The van der Waals surface area contributed by atoms with Gasteiger partial charge in [0.15, 0.2) is 0 Å². The summed E-state index contributed by atoms with van der Waals surface area (Å²) in [6, 6.07) is 81.1. The van der Waals surface area contributed by atoms with Crippen LogP contribution >= 0.6 is 25.3 Å². The fourth-order valence-corrected chi connectivity index (χ4v) is 17.9. The van der Waals surface area contributed by atoms with Crippen molar-refractivity contribution < 1.29 is 0 Å². The van der Waals surface area contributed by atoms with E-state index >= 15 is 0 Å². The lowest BCUT2D eigenvalue weighted by atomic mass is 9.73. The van der Waals surface area contributed by atoms with Crippen LogP contribution in [0.25, 0.3) is 143 Å². The number of fused-ring (bicyclic) bond motifs is 9. The normalized spacial score (nSPS) is 17.0. The molecular weight excluding hydrogens is 1160 g/mol. The van der Waals surface area contributed by atoms with Crippen molar-refractivity contribution in [1.82, 2.24) is 0 Å². The standard InChI is InChI=1S/C91H78S2/c1-11-90(39-13-41-92)79-49-57(23-33-71(79)73-35-25-59(51-81(73)90)67-29-19-53-15-17-61-43-65(87(3,4)5)45-63-27-37-75(67)85(53)83(61)63)55-21-31-69-70-32-22-56(48-78(70)89(9,10)77(69)47-55)58-24-34-72-74-36-26-60(52-82(74)91(12-2,40-14-42-93)80(72)50-58)68-30-20-54-16-18-62-44-66(88(6,7)8)46-64-28-38-76(68)86(54)84(62)64/h11-12,15-38,43-52,92-93H,1-2,13-14,39-42H2,3-10H3. The highest BCUT2D eigenvalue weighted by Crippen LogP contribution is 2.58. The molecule has 2 unspecified atom stereocenters. The van der Waals surface area contributed by atoms with Crippen LogP contribution in [0.2, 0.25) is 0 Å². The zero-order valence-electron chi connectivity index (χ0n) is 54.8. The molecule has 0 bridgehead atoms. The summed E-state index contributed by atoms with van der Waals surface area (Å²) in [4.78, 5) is 0. The van der Waals surface area contributed by atoms with Crippen LogP contribution < -0.4 is 0 Å². The van der Waals surface area contributed by atoms with E-state index in [0.29, 0.717) is 0 Å². The van der Waals surface area contributed by atoms with E-state index < -0.39 is 0 Å². The second-order valence-corrected chi connectivity index (χ2v) is 31.0. The fraction of sp³-hybridized carbons (Fsp3) is 0.209. The molecule has 3 aliphatic rings. The van der Waals surface area contributed by atoms with E-state index in [-0.39, 0.29) is 27.1 Å². The molecule has 0 radical (unpaired) electrons. The summed E-state index contributed by atoms with van der Waals surface area (Å²) in [5.74, 6) is 1.62. The predicted octanol–water partition coefficient (Wildman–Crippen LogP) is 25.4. The van der Waals surface area contributed by atoms with E-state index in [1.165, 1.54) is 187 Å². The van der Waals surface area contributed by atoms with E-state index in [1.54, 1.807) is 0 Å². The van der Waals surface area contributed by atoms with Gasteiger partial charge in [0.2, 0.25) is 0 Å². The van der Waals surface area contributed by atoms with Crippen molar-refractivity contribution in [2.45, 2.75) is 108 Å². The topological polar surface area (TPSA) is 0 Å². The maximum Gasteiger partial charge on any atom is 0.0392 e. The zero-order valence-corrected chi connectivity index (χ0v) is 56.6. The minimum absolute atomic E-state index is 0.0648. The van der Waals surface area contributed by atoms with Crippen molar-refractivity contribution in [1.29, 1.82) is 0 Å². The van der Waals surface area contributed by atoms with Crippen molar-refractivity contribution in [3.05, 3.63) is 276 Å². The molecule has 17 rings (SSSR count). The molecule has 0 N–H and O–H groups in total. The lowest BCUT2D eigenvalue weighted by molar-refractivity contribution is 0.587. The summed E-state index contributed by atoms with van der Waals surface area (Å²) in [6.45, 7) is 28.1. The number of hydrogen-bond acceptors (Lipinski definition) is 2. The molecule has 0 aliphatic heterocycles. The monoisotopic (exact) mass is 1230 g/mol. The van der Waals surface area contributed by atoms with Gasteiger partial charge in [0.1, 0.15) is 0 Å². The minimum atomic E-state index is -0.375. The van der Waals surface area contributed by atoms with Gasteiger partial charge in [-0.15, -0.1) is 13.2 Å². The van der Waals surface area contributed by atoms with Crippen molar-refractivity contribution in [2.75, 3.05) is 11.5 Å². The summed E-state index contributed by atoms with van der Waals surface area (Å²) in [6.07, 6.45) is 8.30. The van der Waals surface area contributed by atoms with Crippen molar-refractivity contribution in [2.24, 2.45) is 0 Å². The van der Waals surface area contributed by atoms with E-state index in [9.17, 15) is 0 Å². The Morgan fingerprint density at radius 3 is 0.903 bits per heavy atom. The van der Waals surface area contributed by atoms with Gasteiger partial charge in [0.25, 0.3) is 0 Å². The Morgan fingerprint density at radius 2 is 0.581 bits per heavy atom. The Morgan fingerprint density at radius 1 is 0.312 bits per heavy atom. The smallest absolute Gasteiger partial charge is 0.0392 e. The Kier molecular flexibility index (Phi) is 12.9. The zero-order chi connectivity index (χ0) is 63.8. The molecule has 0 fully saturated rings. The van der Waals surface area contributed by atoms with Gasteiger partial charge in [0.05, 0.1) is 0 Å². The van der Waals surface area contributed by atoms with E-state index in [2.05, 4.69) is 287 Å². The van der Waals surface area contributed by atoms with Gasteiger partial charge in [-0.3, -0.25) is 0 Å². The molecule has 0 amide bonds. The predicted molar refractivity (Wildman–Crippen MR) is 410 cm³/mol. The number of thiol groups is 2. The van der Waals surface area contributed by atoms with E-state index in [1.807, 2.05) is 0 Å². The van der Waals surface area contributed by atoms with Gasteiger partial charge in [-0.05, 0) is 271 Å². The summed E-state index contributed by atoms with van der Waals surface area (Å²) >= 11 is 9.65. The quantitative estimate of drug-likeness (QED) is 0.0680. The number of rotatable bonds is 12. The second kappa shape index (κ2) is 20.7. The molecule has 0 saturated carbocycles. The first-order chi connectivity index (χ1) is 44.8. The first-order valence-corrected chi connectivity index (χ1v) is 35.0. The lowest BCUT2D eigenvalue weighted by Crippen LogP contribution is -2.22. The highest BCUT2D eigenvalue weighted by Gasteiger charge is 2.44. The molecular formula is C91H78S2. The fourth-order valence-electron chi connectivity index (χ4n) is 17.6. The molecule has 14 aromatic carbocycles. The van der Waals surface area contributed by atoms with Gasteiger partial charge in [-0.25, -0.2) is 0 Å². The SMILES string of the molecule is C=CC1(CCCS)c2cc(-c3ccc4c(c3)C(C)(C)c3cc(-c5ccc6c(c5)C(C=C)(CCCS)c5cc(-c7ccc8ccc9cc(C(C)(C)C)cc%10ccc7c8c9%10)ccc5-6)ccc3-4)ccc2-c2ccc(-c3ccc4ccc5cc(C(C)(C)C)cc6ccc3c4c56)cc21. The van der Waals surface area contributed by atoms with Gasteiger partial charge in [0, 0.05) is 16.2 Å². The molecule has 0 nitrogen and oxygen atoms in total. The number of benzene rings is 14. The molecule has 0 saturated heterocycles. The van der Waals surface area contributed by atoms with Crippen molar-refractivity contribution >= 4 is 89.9 Å². The lowest BCUT2D eigenvalue weighted by Gasteiger charge is -2.29. The second-order valence-electron chi connectivity index (χ2n) is 30.1. The first-order valence-electron chi connectivity index (χ1n) is 33.7. The summed E-state index contributed by atoms with van der Waals surface area (Å²) in [5, 5.41) is 15.8. The molecule has 0 spiro atoms. The Hall–Kier alpha value is -8.66. The average Bonchev–Trinajstić information content (AvgIpc) is 1.72. The van der Waals surface area contributed by atoms with Gasteiger partial charge in [-0.2, -0.15) is 25.3 Å². The molecule has 2 atom stereocenters. The molecule has 2 heteroatoms. The van der Waals surface area contributed by atoms with Crippen LogP contribution in [-0.2, 0) is 27.1 Å². The van der Waals surface area contributed by atoms with Crippen LogP contribution in [0.1, 0.15) is 126 Å².